The summed E-state index contributed by atoms with van der Waals surface area (Å²) in [6.45, 7) is 3.50. The Bertz CT molecular complexity index is 552. The Kier molecular flexibility index (Phi) is 3.56. The molecular weight excluding hydrogens is 258 g/mol. The van der Waals surface area contributed by atoms with E-state index < -0.39 is 10.0 Å². The zero-order valence-electron chi connectivity index (χ0n) is 9.37. The Morgan fingerprint density at radius 3 is 2.76 bits per heavy atom. The minimum Gasteiger partial charge on any atom is -0.207 e. The Balaban J connectivity index is 2.24. The molecule has 0 aromatic heterocycles. The summed E-state index contributed by atoms with van der Waals surface area (Å²) in [5.74, 6) is 0. The summed E-state index contributed by atoms with van der Waals surface area (Å²) in [5, 5.41) is 0.273. The average Bonchev–Trinajstić information content (AvgIpc) is 2.73. The third-order valence-electron chi connectivity index (χ3n) is 2.83. The lowest BCUT2D eigenvalue weighted by Crippen LogP contribution is -2.24. The second kappa shape index (κ2) is 4.80. The van der Waals surface area contributed by atoms with Crippen LogP contribution in [0.5, 0.6) is 0 Å². The highest BCUT2D eigenvalue weighted by Gasteiger charge is 2.17. The zero-order valence-corrected chi connectivity index (χ0v) is 10.9. The lowest BCUT2D eigenvalue weighted by molar-refractivity contribution is 0.585. The highest BCUT2D eigenvalue weighted by atomic mass is 35.5. The van der Waals surface area contributed by atoms with Gasteiger partial charge in [-0.2, -0.15) is 0 Å². The van der Waals surface area contributed by atoms with Gasteiger partial charge in [0, 0.05) is 11.6 Å². The second-order valence-electron chi connectivity index (χ2n) is 4.13. The number of hydrogen-bond acceptors (Lipinski definition) is 2. The lowest BCUT2D eigenvalue weighted by Gasteiger charge is -2.07. The van der Waals surface area contributed by atoms with Crippen LogP contribution in [0.15, 0.2) is 34.7 Å². The molecule has 0 saturated heterocycles. The Labute approximate surface area is 107 Å². The molecule has 1 aromatic rings. The lowest BCUT2D eigenvalue weighted by atomic mass is 10.1. The first-order valence-electron chi connectivity index (χ1n) is 5.44. The van der Waals surface area contributed by atoms with Gasteiger partial charge in [0.15, 0.2) is 0 Å². The fraction of sp³-hybridized carbons (Fsp3) is 0.333. The van der Waals surface area contributed by atoms with Gasteiger partial charge in [-0.15, -0.1) is 0 Å². The number of sulfonamides is 1. The molecule has 0 heterocycles. The number of fused-ring (bicyclic) bond motifs is 1. The fourth-order valence-electron chi connectivity index (χ4n) is 1.97. The molecule has 0 atom stereocenters. The molecule has 0 radical (unpaired) electrons. The quantitative estimate of drug-likeness (QED) is 0.913. The van der Waals surface area contributed by atoms with Gasteiger partial charge in [-0.05, 0) is 42.5 Å². The van der Waals surface area contributed by atoms with Crippen molar-refractivity contribution in [3.63, 3.8) is 0 Å². The molecule has 92 valence electrons. The van der Waals surface area contributed by atoms with Crippen LogP contribution in [0.2, 0.25) is 0 Å². The molecule has 0 spiro atoms. The van der Waals surface area contributed by atoms with Crippen LogP contribution < -0.4 is 4.72 Å². The van der Waals surface area contributed by atoms with Crippen LogP contribution in [0.25, 0.3) is 0 Å². The van der Waals surface area contributed by atoms with Crippen LogP contribution in [0.1, 0.15) is 17.5 Å². The van der Waals surface area contributed by atoms with Gasteiger partial charge in [0.05, 0.1) is 4.90 Å². The number of benzene rings is 1. The molecular formula is C12H14ClNO2S. The number of rotatable bonds is 4. The van der Waals surface area contributed by atoms with Crippen LogP contribution in [-0.2, 0) is 22.9 Å². The van der Waals surface area contributed by atoms with E-state index in [1.807, 2.05) is 6.07 Å². The molecule has 2 rings (SSSR count). The molecule has 1 N–H and O–H groups in total. The molecule has 3 nitrogen and oxygen atoms in total. The van der Waals surface area contributed by atoms with Crippen LogP contribution in [0.3, 0.4) is 0 Å². The van der Waals surface area contributed by atoms with Gasteiger partial charge < -0.3 is 0 Å². The van der Waals surface area contributed by atoms with Crippen molar-refractivity contribution in [1.29, 1.82) is 0 Å². The monoisotopic (exact) mass is 271 g/mol. The minimum absolute atomic E-state index is 0.0565. The predicted octanol–water partition coefficient (Wildman–Crippen LogP) is 2.21. The van der Waals surface area contributed by atoms with Crippen LogP contribution in [-0.4, -0.2) is 15.0 Å². The molecule has 0 fully saturated rings. The molecule has 5 heteroatoms. The van der Waals surface area contributed by atoms with Crippen LogP contribution in [0.4, 0.5) is 0 Å². The Morgan fingerprint density at radius 1 is 1.35 bits per heavy atom. The van der Waals surface area contributed by atoms with Crippen molar-refractivity contribution in [2.45, 2.75) is 24.2 Å². The molecule has 1 aliphatic rings. The summed E-state index contributed by atoms with van der Waals surface area (Å²) in [7, 11) is -3.47. The fourth-order valence-corrected chi connectivity index (χ4v) is 3.19. The van der Waals surface area contributed by atoms with Gasteiger partial charge in [-0.3, -0.25) is 0 Å². The van der Waals surface area contributed by atoms with Gasteiger partial charge in [0.1, 0.15) is 0 Å². The summed E-state index contributed by atoms with van der Waals surface area (Å²) < 4.78 is 26.3. The third-order valence-corrected chi connectivity index (χ3v) is 4.37. The first-order valence-corrected chi connectivity index (χ1v) is 7.30. The number of aryl methyl sites for hydroxylation is 2. The first-order chi connectivity index (χ1) is 7.99. The highest BCUT2D eigenvalue weighted by molar-refractivity contribution is 7.89. The molecule has 0 unspecified atom stereocenters. The normalized spacial score (nSPS) is 14.6. The smallest absolute Gasteiger partial charge is 0.207 e. The maximum absolute atomic E-state index is 11.9. The van der Waals surface area contributed by atoms with Crippen LogP contribution in [0, 0.1) is 0 Å². The van der Waals surface area contributed by atoms with Gasteiger partial charge in [0.25, 0.3) is 0 Å². The predicted molar refractivity (Wildman–Crippen MR) is 68.6 cm³/mol. The standard InChI is InChI=1S/C12H14ClNO2S/c1-9(13)8-14-17(15,16)12-6-5-10-3-2-4-11(10)7-12/h5-7,14H,1-4,8H2. The second-order valence-corrected chi connectivity index (χ2v) is 6.43. The topological polar surface area (TPSA) is 46.2 Å². The molecule has 0 saturated carbocycles. The van der Waals surface area contributed by atoms with E-state index in [0.29, 0.717) is 4.90 Å². The summed E-state index contributed by atoms with van der Waals surface area (Å²) in [6, 6.07) is 5.29. The van der Waals surface area contributed by atoms with E-state index >= 15 is 0 Å². The number of hydrogen-bond donors (Lipinski definition) is 1. The van der Waals surface area contributed by atoms with Crippen molar-refractivity contribution in [2.75, 3.05) is 6.54 Å². The van der Waals surface area contributed by atoms with E-state index in [0.717, 1.165) is 24.8 Å². The van der Waals surface area contributed by atoms with Crippen molar-refractivity contribution in [1.82, 2.24) is 4.72 Å². The Morgan fingerprint density at radius 2 is 2.06 bits per heavy atom. The molecule has 0 amide bonds. The first kappa shape index (κ1) is 12.6. The third kappa shape index (κ3) is 2.89. The highest BCUT2D eigenvalue weighted by Crippen LogP contribution is 2.24. The summed E-state index contributed by atoms with van der Waals surface area (Å²) in [5.41, 5.74) is 2.39. The largest absolute Gasteiger partial charge is 0.240 e. The van der Waals surface area contributed by atoms with Gasteiger partial charge in [-0.1, -0.05) is 24.2 Å². The summed E-state index contributed by atoms with van der Waals surface area (Å²) in [6.07, 6.45) is 3.10. The van der Waals surface area contributed by atoms with E-state index in [2.05, 4.69) is 11.3 Å². The number of halogens is 1. The van der Waals surface area contributed by atoms with Crippen molar-refractivity contribution >= 4 is 21.6 Å². The van der Waals surface area contributed by atoms with Gasteiger partial charge in [-0.25, -0.2) is 13.1 Å². The van der Waals surface area contributed by atoms with Crippen molar-refractivity contribution in [3.8, 4) is 0 Å². The van der Waals surface area contributed by atoms with E-state index in [4.69, 9.17) is 11.6 Å². The molecule has 1 aromatic carbocycles. The number of nitrogens with one attached hydrogen (secondary N) is 1. The van der Waals surface area contributed by atoms with E-state index in [9.17, 15) is 8.42 Å². The maximum Gasteiger partial charge on any atom is 0.240 e. The van der Waals surface area contributed by atoms with Crippen molar-refractivity contribution in [3.05, 3.63) is 40.9 Å². The van der Waals surface area contributed by atoms with Crippen molar-refractivity contribution < 1.29 is 8.42 Å². The molecule has 1 aliphatic carbocycles. The van der Waals surface area contributed by atoms with Gasteiger partial charge in [0.2, 0.25) is 10.0 Å². The zero-order chi connectivity index (χ0) is 12.5. The van der Waals surface area contributed by atoms with Gasteiger partial charge >= 0.3 is 0 Å². The maximum atomic E-state index is 11.9. The van der Waals surface area contributed by atoms with E-state index in [1.165, 1.54) is 5.56 Å². The SMILES string of the molecule is C=C(Cl)CNS(=O)(=O)c1ccc2c(c1)CCC2. The minimum atomic E-state index is -3.47. The average molecular weight is 272 g/mol. The molecule has 0 aliphatic heterocycles. The molecule has 0 bridgehead atoms. The van der Waals surface area contributed by atoms with Crippen molar-refractivity contribution in [2.24, 2.45) is 0 Å². The Hall–Kier alpha value is -0.840. The van der Waals surface area contributed by atoms with E-state index in [-0.39, 0.29) is 11.6 Å². The summed E-state index contributed by atoms with van der Waals surface area (Å²) >= 11 is 5.54. The molecule has 17 heavy (non-hydrogen) atoms. The van der Waals surface area contributed by atoms with Crippen LogP contribution >= 0.6 is 11.6 Å². The summed E-state index contributed by atoms with van der Waals surface area (Å²) in [4.78, 5) is 0.302. The van der Waals surface area contributed by atoms with E-state index in [1.54, 1.807) is 12.1 Å².